The lowest BCUT2D eigenvalue weighted by Crippen LogP contribution is -2.06. The summed E-state index contributed by atoms with van der Waals surface area (Å²) in [4.78, 5) is 9.81. The first kappa shape index (κ1) is 10.9. The van der Waals surface area contributed by atoms with Crippen molar-refractivity contribution in [2.45, 2.75) is 6.42 Å². The summed E-state index contributed by atoms with van der Waals surface area (Å²) in [5.41, 5.74) is 0. The van der Waals surface area contributed by atoms with Gasteiger partial charge >= 0.3 is 0 Å². The van der Waals surface area contributed by atoms with E-state index in [1.54, 1.807) is 0 Å². The van der Waals surface area contributed by atoms with Crippen molar-refractivity contribution in [1.82, 2.24) is 0 Å². The maximum Gasteiger partial charge on any atom is 0.122 e. The molecule has 0 N–H and O–H groups in total. The van der Waals surface area contributed by atoms with Gasteiger partial charge in [0, 0.05) is 12.3 Å². The Labute approximate surface area is 71.6 Å². The Morgan fingerprint density at radius 1 is 1.09 bits per heavy atom. The van der Waals surface area contributed by atoms with Crippen LogP contribution in [0, 0.1) is 0 Å². The Hall–Kier alpha value is -0.120. The summed E-state index contributed by atoms with van der Waals surface area (Å²) in [6.45, 7) is 2.11. The van der Waals surface area contributed by atoms with Crippen LogP contribution in [0.1, 0.15) is 6.42 Å². The van der Waals surface area contributed by atoms with Crippen LogP contribution in [0.3, 0.4) is 0 Å². The highest BCUT2D eigenvalue weighted by atomic mass is 35.5. The fourth-order valence-electron chi connectivity index (χ4n) is 0.508. The molecule has 0 aromatic rings. The van der Waals surface area contributed by atoms with Crippen molar-refractivity contribution >= 4 is 17.9 Å². The van der Waals surface area contributed by atoms with Crippen LogP contribution in [0.2, 0.25) is 0 Å². The summed E-state index contributed by atoms with van der Waals surface area (Å²) in [6, 6.07) is 0. The van der Waals surface area contributed by atoms with Gasteiger partial charge in [0.25, 0.3) is 0 Å². The maximum absolute atomic E-state index is 9.81. The van der Waals surface area contributed by atoms with Gasteiger partial charge in [-0.25, -0.2) is 0 Å². The van der Waals surface area contributed by atoms with Gasteiger partial charge in [0.15, 0.2) is 0 Å². The molecular weight excluding hydrogens is 168 g/mol. The first-order chi connectivity index (χ1) is 5.41. The van der Waals surface area contributed by atoms with Crippen LogP contribution in [-0.4, -0.2) is 38.6 Å². The lowest BCUT2D eigenvalue weighted by Gasteiger charge is -2.01. The van der Waals surface area contributed by atoms with E-state index in [0.717, 1.165) is 6.29 Å². The van der Waals surface area contributed by atoms with E-state index in [2.05, 4.69) is 0 Å². The highest BCUT2D eigenvalue weighted by Crippen LogP contribution is 1.82. The first-order valence-electron chi connectivity index (χ1n) is 3.57. The van der Waals surface area contributed by atoms with Crippen LogP contribution in [0.4, 0.5) is 0 Å². The molecule has 0 aromatic heterocycles. The molecule has 4 heteroatoms. The van der Waals surface area contributed by atoms with Gasteiger partial charge in [-0.15, -0.1) is 11.6 Å². The highest BCUT2D eigenvalue weighted by molar-refractivity contribution is 6.17. The molecule has 0 aromatic carbocycles. The van der Waals surface area contributed by atoms with Crippen molar-refractivity contribution in [1.29, 1.82) is 0 Å². The molecule has 0 saturated carbocycles. The Balaban J connectivity index is 2.74. The highest BCUT2D eigenvalue weighted by Gasteiger charge is 1.87. The molecule has 0 aliphatic carbocycles. The molecule has 0 spiro atoms. The van der Waals surface area contributed by atoms with Crippen LogP contribution in [0.5, 0.6) is 0 Å². The summed E-state index contributed by atoms with van der Waals surface area (Å²) in [5, 5.41) is 0. The molecule has 11 heavy (non-hydrogen) atoms. The zero-order valence-corrected chi connectivity index (χ0v) is 7.18. The van der Waals surface area contributed by atoms with Gasteiger partial charge in [-0.05, 0) is 0 Å². The molecule has 0 unspecified atom stereocenters. The van der Waals surface area contributed by atoms with E-state index in [4.69, 9.17) is 21.1 Å². The van der Waals surface area contributed by atoms with Crippen LogP contribution < -0.4 is 0 Å². The molecule has 0 radical (unpaired) electrons. The summed E-state index contributed by atoms with van der Waals surface area (Å²) >= 11 is 5.35. The number of carbonyl (C=O) groups excluding carboxylic acids is 1. The van der Waals surface area contributed by atoms with Gasteiger partial charge in [-0.2, -0.15) is 0 Å². The lowest BCUT2D eigenvalue weighted by molar-refractivity contribution is -0.108. The van der Waals surface area contributed by atoms with E-state index in [1.165, 1.54) is 0 Å². The van der Waals surface area contributed by atoms with Gasteiger partial charge in [-0.3, -0.25) is 0 Å². The Kier molecular flexibility index (Phi) is 9.77. The molecule has 0 heterocycles. The summed E-state index contributed by atoms with van der Waals surface area (Å²) < 4.78 is 10.0. The van der Waals surface area contributed by atoms with Gasteiger partial charge in [-0.1, -0.05) is 0 Å². The van der Waals surface area contributed by atoms with E-state index >= 15 is 0 Å². The fourth-order valence-corrected chi connectivity index (χ4v) is 0.617. The van der Waals surface area contributed by atoms with Crippen LogP contribution >= 0.6 is 11.6 Å². The van der Waals surface area contributed by atoms with E-state index in [0.29, 0.717) is 38.7 Å². The van der Waals surface area contributed by atoms with Crippen molar-refractivity contribution in [3.8, 4) is 0 Å². The smallest absolute Gasteiger partial charge is 0.122 e. The topological polar surface area (TPSA) is 35.5 Å². The zero-order valence-electron chi connectivity index (χ0n) is 6.42. The number of ether oxygens (including phenoxy) is 2. The van der Waals surface area contributed by atoms with Crippen molar-refractivity contribution < 1.29 is 14.3 Å². The minimum atomic E-state index is 0.454. The molecule has 3 nitrogen and oxygen atoms in total. The van der Waals surface area contributed by atoms with Crippen molar-refractivity contribution in [2.24, 2.45) is 0 Å². The normalized spacial score (nSPS) is 9.91. The molecule has 0 fully saturated rings. The Morgan fingerprint density at radius 3 is 2.27 bits per heavy atom. The molecule has 66 valence electrons. The average molecular weight is 181 g/mol. The molecular formula is C7H13ClO3. The molecule has 0 bridgehead atoms. The Morgan fingerprint density at radius 2 is 1.73 bits per heavy atom. The number of alkyl halides is 1. The summed E-state index contributed by atoms with van der Waals surface area (Å²) in [7, 11) is 0. The standard InChI is InChI=1S/C7H13ClO3/c8-2-5-11-7-6-10-4-1-3-9/h3H,1-2,4-7H2. The van der Waals surface area contributed by atoms with Crippen molar-refractivity contribution in [3.63, 3.8) is 0 Å². The minimum absolute atomic E-state index is 0.454. The summed E-state index contributed by atoms with van der Waals surface area (Å²) in [6.07, 6.45) is 1.29. The maximum atomic E-state index is 9.81. The van der Waals surface area contributed by atoms with E-state index in [-0.39, 0.29) is 0 Å². The number of rotatable bonds is 8. The molecule has 0 aliphatic rings. The van der Waals surface area contributed by atoms with Crippen LogP contribution in [-0.2, 0) is 14.3 Å². The SMILES string of the molecule is O=CCCOCCOCCCl. The molecule has 0 atom stereocenters. The molecule has 0 saturated heterocycles. The molecule has 0 rings (SSSR count). The monoisotopic (exact) mass is 180 g/mol. The number of aldehydes is 1. The van der Waals surface area contributed by atoms with E-state index in [9.17, 15) is 4.79 Å². The fraction of sp³-hybridized carbons (Fsp3) is 0.857. The van der Waals surface area contributed by atoms with E-state index in [1.807, 2.05) is 0 Å². The number of hydrogen-bond acceptors (Lipinski definition) is 3. The van der Waals surface area contributed by atoms with Crippen LogP contribution in [0.25, 0.3) is 0 Å². The zero-order chi connectivity index (χ0) is 8.36. The van der Waals surface area contributed by atoms with Gasteiger partial charge < -0.3 is 14.3 Å². The number of carbonyl (C=O) groups is 1. The largest absolute Gasteiger partial charge is 0.379 e. The third kappa shape index (κ3) is 9.88. The van der Waals surface area contributed by atoms with E-state index < -0.39 is 0 Å². The third-order valence-electron chi connectivity index (χ3n) is 0.974. The van der Waals surface area contributed by atoms with Crippen molar-refractivity contribution in [3.05, 3.63) is 0 Å². The average Bonchev–Trinajstić information content (AvgIpc) is 2.03. The minimum Gasteiger partial charge on any atom is -0.379 e. The van der Waals surface area contributed by atoms with Gasteiger partial charge in [0.1, 0.15) is 6.29 Å². The first-order valence-corrected chi connectivity index (χ1v) is 4.10. The molecule has 0 aliphatic heterocycles. The lowest BCUT2D eigenvalue weighted by atomic mass is 10.5. The predicted octanol–water partition coefficient (Wildman–Crippen LogP) is 0.847. The number of hydrogen-bond donors (Lipinski definition) is 0. The third-order valence-corrected chi connectivity index (χ3v) is 1.13. The van der Waals surface area contributed by atoms with Crippen molar-refractivity contribution in [2.75, 3.05) is 32.3 Å². The number of halogens is 1. The quantitative estimate of drug-likeness (QED) is 0.316. The Bertz CT molecular complexity index is 87.8. The van der Waals surface area contributed by atoms with Crippen LogP contribution in [0.15, 0.2) is 0 Å². The molecule has 0 amide bonds. The second-order valence-electron chi connectivity index (χ2n) is 1.87. The van der Waals surface area contributed by atoms with Gasteiger partial charge in [0.05, 0.1) is 26.4 Å². The second kappa shape index (κ2) is 9.88. The summed E-state index contributed by atoms with van der Waals surface area (Å²) in [5.74, 6) is 0.508. The predicted molar refractivity (Wildman–Crippen MR) is 43.0 cm³/mol. The van der Waals surface area contributed by atoms with Gasteiger partial charge in [0.2, 0.25) is 0 Å². The second-order valence-corrected chi connectivity index (χ2v) is 2.25.